The number of pyridine rings is 2. The quantitative estimate of drug-likeness (QED) is 0.272. The topological polar surface area (TPSA) is 47.0 Å². The molecule has 0 aliphatic heterocycles. The molecule has 0 amide bonds. The highest BCUT2D eigenvalue weighted by Crippen LogP contribution is 2.38. The Bertz CT molecular complexity index is 1370. The first-order valence-electron chi connectivity index (χ1n) is 12.4. The van der Waals surface area contributed by atoms with Gasteiger partial charge in [-0.05, 0) is 53.6 Å². The SMILES string of the molecule is CC(C)CCOc1cc(Nc2ccc(C(C)(C)C)cc2)c2ccc(-c3ncccc3C(F)(F)F)cc2n1. The zero-order valence-corrected chi connectivity index (χ0v) is 21.8. The molecule has 4 rings (SSSR count). The summed E-state index contributed by atoms with van der Waals surface area (Å²) in [4.78, 5) is 8.66. The van der Waals surface area contributed by atoms with Crippen molar-refractivity contribution in [1.29, 1.82) is 0 Å². The van der Waals surface area contributed by atoms with Gasteiger partial charge in [0.25, 0.3) is 0 Å². The van der Waals surface area contributed by atoms with E-state index in [1.807, 2.05) is 18.2 Å². The number of aromatic nitrogens is 2. The Balaban J connectivity index is 1.77. The van der Waals surface area contributed by atoms with Gasteiger partial charge in [0.2, 0.25) is 5.88 Å². The predicted molar refractivity (Wildman–Crippen MR) is 143 cm³/mol. The van der Waals surface area contributed by atoms with Gasteiger partial charge in [0.1, 0.15) is 0 Å². The van der Waals surface area contributed by atoms with E-state index >= 15 is 0 Å². The van der Waals surface area contributed by atoms with Crippen molar-refractivity contribution in [3.8, 4) is 17.1 Å². The van der Waals surface area contributed by atoms with E-state index in [2.05, 4.69) is 62.0 Å². The van der Waals surface area contributed by atoms with E-state index in [0.29, 0.717) is 29.5 Å². The third-order valence-electron chi connectivity index (χ3n) is 6.15. The Labute approximate surface area is 215 Å². The lowest BCUT2D eigenvalue weighted by Gasteiger charge is -2.19. The third-order valence-corrected chi connectivity index (χ3v) is 6.15. The van der Waals surface area contributed by atoms with Gasteiger partial charge in [-0.1, -0.05) is 58.9 Å². The molecule has 0 fully saturated rings. The highest BCUT2D eigenvalue weighted by molar-refractivity contribution is 5.96. The number of fused-ring (bicyclic) bond motifs is 1. The molecular formula is C30H32F3N3O. The molecule has 2 aromatic carbocycles. The summed E-state index contributed by atoms with van der Waals surface area (Å²) in [6.07, 6.45) is -2.29. The summed E-state index contributed by atoms with van der Waals surface area (Å²) in [5.74, 6) is 0.882. The number of ether oxygens (including phenoxy) is 1. The molecule has 0 bridgehead atoms. The first-order chi connectivity index (χ1) is 17.4. The van der Waals surface area contributed by atoms with Crippen LogP contribution in [-0.2, 0) is 11.6 Å². The summed E-state index contributed by atoms with van der Waals surface area (Å²) >= 11 is 0. The molecule has 0 spiro atoms. The van der Waals surface area contributed by atoms with Crippen LogP contribution in [0, 0.1) is 5.92 Å². The minimum absolute atomic E-state index is 0.0382. The van der Waals surface area contributed by atoms with Crippen LogP contribution in [0.4, 0.5) is 24.5 Å². The molecule has 0 saturated carbocycles. The van der Waals surface area contributed by atoms with Crippen molar-refractivity contribution in [3.63, 3.8) is 0 Å². The highest BCUT2D eigenvalue weighted by atomic mass is 19.4. The molecule has 0 radical (unpaired) electrons. The van der Waals surface area contributed by atoms with Gasteiger partial charge in [0.15, 0.2) is 0 Å². The van der Waals surface area contributed by atoms with E-state index in [0.717, 1.165) is 29.2 Å². The summed E-state index contributed by atoms with van der Waals surface area (Å²) in [6.45, 7) is 11.2. The standard InChI is InChI=1S/C30H32F3N3O/c1-19(2)14-16-37-27-18-26(35-22-11-9-21(10-12-22)29(3,4)5)23-13-8-20(17-25(23)36-27)28-24(30(31,32)33)7-6-15-34-28/h6-13,15,17-19H,14,16H2,1-5H3,(H,35,36). The van der Waals surface area contributed by atoms with E-state index in [9.17, 15) is 13.2 Å². The van der Waals surface area contributed by atoms with Crippen molar-refractivity contribution in [2.24, 2.45) is 5.92 Å². The van der Waals surface area contributed by atoms with Crippen molar-refractivity contribution in [3.05, 3.63) is 78.0 Å². The molecule has 0 saturated heterocycles. The molecule has 0 aliphatic carbocycles. The molecule has 0 atom stereocenters. The first-order valence-corrected chi connectivity index (χ1v) is 12.4. The fourth-order valence-electron chi connectivity index (χ4n) is 4.00. The fourth-order valence-corrected chi connectivity index (χ4v) is 4.00. The van der Waals surface area contributed by atoms with Gasteiger partial charge in [-0.3, -0.25) is 4.98 Å². The lowest BCUT2D eigenvalue weighted by Crippen LogP contribution is -2.10. The second kappa shape index (κ2) is 10.4. The largest absolute Gasteiger partial charge is 0.478 e. The minimum atomic E-state index is -4.51. The molecule has 0 aliphatic rings. The number of anilines is 2. The van der Waals surface area contributed by atoms with Gasteiger partial charge >= 0.3 is 6.18 Å². The highest BCUT2D eigenvalue weighted by Gasteiger charge is 2.34. The Morgan fingerprint density at radius 3 is 2.32 bits per heavy atom. The zero-order chi connectivity index (χ0) is 26.8. The van der Waals surface area contributed by atoms with Gasteiger partial charge in [-0.25, -0.2) is 4.98 Å². The first kappa shape index (κ1) is 26.5. The predicted octanol–water partition coefficient (Wildman–Crippen LogP) is 8.78. The molecule has 2 heterocycles. The van der Waals surface area contributed by atoms with Crippen LogP contribution in [0.5, 0.6) is 5.88 Å². The summed E-state index contributed by atoms with van der Waals surface area (Å²) < 4.78 is 46.9. The van der Waals surface area contributed by atoms with Crippen molar-refractivity contribution in [1.82, 2.24) is 9.97 Å². The molecule has 1 N–H and O–H groups in total. The average molecular weight is 508 g/mol. The Hall–Kier alpha value is -3.61. The molecule has 7 heteroatoms. The molecule has 2 aromatic heterocycles. The van der Waals surface area contributed by atoms with Crippen LogP contribution >= 0.6 is 0 Å². The summed E-state index contributed by atoms with van der Waals surface area (Å²) in [5, 5.41) is 4.21. The van der Waals surface area contributed by atoms with Gasteiger partial charge < -0.3 is 10.1 Å². The van der Waals surface area contributed by atoms with Crippen LogP contribution in [0.15, 0.2) is 66.9 Å². The molecule has 194 valence electrons. The number of alkyl halides is 3. The number of nitrogens with one attached hydrogen (secondary N) is 1. The van der Waals surface area contributed by atoms with Crippen molar-refractivity contribution in [2.75, 3.05) is 11.9 Å². The van der Waals surface area contributed by atoms with Gasteiger partial charge in [-0.15, -0.1) is 0 Å². The maximum absolute atomic E-state index is 13.6. The van der Waals surface area contributed by atoms with Crippen LogP contribution in [0.25, 0.3) is 22.2 Å². The fraction of sp³-hybridized carbons (Fsp3) is 0.333. The van der Waals surface area contributed by atoms with Crippen LogP contribution in [0.1, 0.15) is 52.2 Å². The molecule has 4 nitrogen and oxygen atoms in total. The van der Waals surface area contributed by atoms with Gasteiger partial charge in [0.05, 0.1) is 29.1 Å². The summed E-state index contributed by atoms with van der Waals surface area (Å²) in [5.41, 5.74) is 2.86. The lowest BCUT2D eigenvalue weighted by atomic mass is 9.87. The number of hydrogen-bond donors (Lipinski definition) is 1. The van der Waals surface area contributed by atoms with Crippen molar-refractivity contribution >= 4 is 22.3 Å². The molecular weight excluding hydrogens is 475 g/mol. The van der Waals surface area contributed by atoms with Crippen molar-refractivity contribution in [2.45, 2.75) is 52.6 Å². The third kappa shape index (κ3) is 6.40. The van der Waals surface area contributed by atoms with E-state index in [1.54, 1.807) is 18.2 Å². The van der Waals surface area contributed by atoms with E-state index in [4.69, 9.17) is 4.74 Å². The van der Waals surface area contributed by atoms with Gasteiger partial charge in [0, 0.05) is 28.9 Å². The average Bonchev–Trinajstić information content (AvgIpc) is 2.83. The minimum Gasteiger partial charge on any atom is -0.478 e. The van der Waals surface area contributed by atoms with Gasteiger partial charge in [-0.2, -0.15) is 13.2 Å². The monoisotopic (exact) mass is 507 g/mol. The van der Waals surface area contributed by atoms with Crippen LogP contribution in [-0.4, -0.2) is 16.6 Å². The van der Waals surface area contributed by atoms with E-state index in [1.165, 1.54) is 17.8 Å². The van der Waals surface area contributed by atoms with E-state index in [-0.39, 0.29) is 11.1 Å². The molecule has 0 unspecified atom stereocenters. The molecule has 37 heavy (non-hydrogen) atoms. The second-order valence-corrected chi connectivity index (χ2v) is 10.6. The normalized spacial score (nSPS) is 12.2. The number of benzene rings is 2. The number of rotatable bonds is 7. The van der Waals surface area contributed by atoms with Crippen LogP contribution in [0.3, 0.4) is 0 Å². The zero-order valence-electron chi connectivity index (χ0n) is 21.8. The summed E-state index contributed by atoms with van der Waals surface area (Å²) in [7, 11) is 0. The number of halogens is 3. The van der Waals surface area contributed by atoms with Crippen molar-refractivity contribution < 1.29 is 17.9 Å². The Kier molecular flexibility index (Phi) is 7.44. The lowest BCUT2D eigenvalue weighted by molar-refractivity contribution is -0.137. The molecule has 4 aromatic rings. The summed E-state index contributed by atoms with van der Waals surface area (Å²) in [6, 6.07) is 17.4. The number of nitrogens with zero attached hydrogens (tertiary/aromatic N) is 2. The van der Waals surface area contributed by atoms with Crippen LogP contribution in [0.2, 0.25) is 0 Å². The maximum atomic E-state index is 13.6. The van der Waals surface area contributed by atoms with Crippen LogP contribution < -0.4 is 10.1 Å². The smallest absolute Gasteiger partial charge is 0.418 e. The maximum Gasteiger partial charge on any atom is 0.418 e. The van der Waals surface area contributed by atoms with E-state index < -0.39 is 11.7 Å². The Morgan fingerprint density at radius 2 is 1.68 bits per heavy atom. The second-order valence-electron chi connectivity index (χ2n) is 10.6. The Morgan fingerprint density at radius 1 is 0.946 bits per heavy atom. The number of hydrogen-bond acceptors (Lipinski definition) is 4.